The van der Waals surface area contributed by atoms with E-state index in [-0.39, 0.29) is 0 Å². The molecule has 1 aromatic carbocycles. The van der Waals surface area contributed by atoms with Gasteiger partial charge in [0.1, 0.15) is 11.9 Å². The van der Waals surface area contributed by atoms with Crippen molar-refractivity contribution in [3.8, 4) is 0 Å². The van der Waals surface area contributed by atoms with Gasteiger partial charge in [-0.3, -0.25) is 4.98 Å². The van der Waals surface area contributed by atoms with Crippen LogP contribution in [-0.4, -0.2) is 10.1 Å². The molecule has 1 N–H and O–H groups in total. The summed E-state index contributed by atoms with van der Waals surface area (Å²) < 4.78 is 14.8. The predicted octanol–water partition coefficient (Wildman–Crippen LogP) is 3.67. The molecule has 0 amide bonds. The summed E-state index contributed by atoms with van der Waals surface area (Å²) >= 11 is 5.48. The molecule has 17 heavy (non-hydrogen) atoms. The highest BCUT2D eigenvalue weighted by molar-refractivity contribution is 14.1. The number of nitrogens with zero attached hydrogens (tertiary/aromatic N) is 1. The van der Waals surface area contributed by atoms with Crippen molar-refractivity contribution in [2.75, 3.05) is 0 Å². The second-order valence-corrected chi connectivity index (χ2v) is 5.58. The van der Waals surface area contributed by atoms with Crippen molar-refractivity contribution in [3.63, 3.8) is 0 Å². The minimum atomic E-state index is -0.873. The van der Waals surface area contributed by atoms with E-state index in [0.29, 0.717) is 5.56 Å². The Balaban J connectivity index is 2.43. The van der Waals surface area contributed by atoms with Gasteiger partial charge in [0.25, 0.3) is 0 Å². The van der Waals surface area contributed by atoms with E-state index in [9.17, 15) is 9.50 Å². The Bertz CT molecular complexity index is 550. The molecule has 0 radical (unpaired) electrons. The lowest BCUT2D eigenvalue weighted by atomic mass is 10.0. The number of rotatable bonds is 2. The van der Waals surface area contributed by atoms with Crippen LogP contribution >= 0.6 is 38.5 Å². The summed E-state index contributed by atoms with van der Waals surface area (Å²) in [6, 6.07) is 6.88. The second kappa shape index (κ2) is 5.41. The quantitative estimate of drug-likeness (QED) is 0.770. The van der Waals surface area contributed by atoms with Gasteiger partial charge in [0.15, 0.2) is 0 Å². The summed E-state index contributed by atoms with van der Waals surface area (Å²) in [6.07, 6.45) is 1.70. The van der Waals surface area contributed by atoms with Crippen LogP contribution in [0.3, 0.4) is 0 Å². The van der Waals surface area contributed by atoms with Crippen LogP contribution in [0.2, 0.25) is 0 Å². The normalized spacial score (nSPS) is 12.5. The third-order valence-corrected chi connectivity index (χ3v) is 3.77. The molecule has 0 spiro atoms. The molecule has 1 aromatic heterocycles. The van der Waals surface area contributed by atoms with Crippen LogP contribution in [0, 0.1) is 9.39 Å². The van der Waals surface area contributed by atoms with Gasteiger partial charge < -0.3 is 5.11 Å². The smallest absolute Gasteiger partial charge is 0.141 e. The minimum absolute atomic E-state index is 0.445. The van der Waals surface area contributed by atoms with E-state index < -0.39 is 11.9 Å². The highest BCUT2D eigenvalue weighted by Crippen LogP contribution is 2.28. The van der Waals surface area contributed by atoms with Gasteiger partial charge in [0.05, 0.1) is 6.20 Å². The van der Waals surface area contributed by atoms with E-state index >= 15 is 0 Å². The van der Waals surface area contributed by atoms with Crippen molar-refractivity contribution >= 4 is 38.5 Å². The maximum atomic E-state index is 13.0. The number of pyridine rings is 1. The number of hydrogen-bond donors (Lipinski definition) is 1. The molecule has 1 atom stereocenters. The Morgan fingerprint density at radius 2 is 2.06 bits per heavy atom. The molecule has 1 heterocycles. The van der Waals surface area contributed by atoms with Gasteiger partial charge in [-0.25, -0.2) is 4.39 Å². The Hall–Kier alpha value is -0.530. The Morgan fingerprint density at radius 1 is 1.29 bits per heavy atom. The lowest BCUT2D eigenvalue weighted by Gasteiger charge is -2.13. The predicted molar refractivity (Wildman–Crippen MR) is 75.1 cm³/mol. The number of benzene rings is 1. The molecule has 0 bridgehead atoms. The van der Waals surface area contributed by atoms with Crippen molar-refractivity contribution in [2.24, 2.45) is 0 Å². The average molecular weight is 408 g/mol. The Labute approximate surface area is 120 Å². The maximum absolute atomic E-state index is 13.0. The summed E-state index contributed by atoms with van der Waals surface area (Å²) in [6.45, 7) is 0. The number of halogens is 3. The third kappa shape index (κ3) is 3.02. The van der Waals surface area contributed by atoms with Crippen LogP contribution in [0.25, 0.3) is 0 Å². The van der Waals surface area contributed by atoms with Crippen molar-refractivity contribution in [2.45, 2.75) is 6.10 Å². The van der Waals surface area contributed by atoms with Crippen LogP contribution in [0.1, 0.15) is 17.2 Å². The zero-order valence-corrected chi connectivity index (χ0v) is 12.3. The van der Waals surface area contributed by atoms with Gasteiger partial charge in [-0.2, -0.15) is 0 Å². The summed E-state index contributed by atoms with van der Waals surface area (Å²) in [5.41, 5.74) is 1.17. The largest absolute Gasteiger partial charge is 0.384 e. The van der Waals surface area contributed by atoms with Gasteiger partial charge in [-0.05, 0) is 52.4 Å². The topological polar surface area (TPSA) is 33.1 Å². The molecule has 0 aliphatic heterocycles. The highest BCUT2D eigenvalue weighted by Gasteiger charge is 2.15. The summed E-state index contributed by atoms with van der Waals surface area (Å²) in [5, 5.41) is 10.2. The first-order valence-corrected chi connectivity index (χ1v) is 6.68. The van der Waals surface area contributed by atoms with Crippen molar-refractivity contribution in [3.05, 3.63) is 61.6 Å². The molecule has 0 fully saturated rings. The van der Waals surface area contributed by atoms with Crippen LogP contribution in [-0.2, 0) is 0 Å². The fraction of sp³-hybridized carbons (Fsp3) is 0.0833. The number of aliphatic hydroxyl groups excluding tert-OH is 1. The Kier molecular flexibility index (Phi) is 4.11. The van der Waals surface area contributed by atoms with E-state index in [1.165, 1.54) is 12.3 Å². The monoisotopic (exact) mass is 407 g/mol. The third-order valence-electron chi connectivity index (χ3n) is 2.29. The number of aromatic nitrogens is 1. The van der Waals surface area contributed by atoms with E-state index in [1.807, 2.05) is 18.2 Å². The molecule has 88 valence electrons. The fourth-order valence-electron chi connectivity index (χ4n) is 1.48. The van der Waals surface area contributed by atoms with Crippen molar-refractivity contribution in [1.29, 1.82) is 0 Å². The summed E-state index contributed by atoms with van der Waals surface area (Å²) in [5.74, 6) is -0.452. The minimum Gasteiger partial charge on any atom is -0.384 e. The van der Waals surface area contributed by atoms with Crippen LogP contribution in [0.5, 0.6) is 0 Å². The first kappa shape index (κ1) is 12.9. The van der Waals surface area contributed by atoms with Gasteiger partial charge in [-0.15, -0.1) is 0 Å². The lowest BCUT2D eigenvalue weighted by molar-refractivity contribution is 0.218. The van der Waals surface area contributed by atoms with Crippen LogP contribution in [0.15, 0.2) is 41.1 Å². The molecule has 2 aromatic rings. The van der Waals surface area contributed by atoms with Crippen molar-refractivity contribution < 1.29 is 9.50 Å². The second-order valence-electron chi connectivity index (χ2n) is 3.50. The Morgan fingerprint density at radius 3 is 2.76 bits per heavy atom. The highest BCUT2D eigenvalue weighted by atomic mass is 127. The molecule has 2 nitrogen and oxygen atoms in total. The fourth-order valence-corrected chi connectivity index (χ4v) is 2.49. The molecule has 5 heteroatoms. The van der Waals surface area contributed by atoms with E-state index in [1.54, 1.807) is 0 Å². The molecule has 0 saturated carbocycles. The molecule has 0 aliphatic rings. The van der Waals surface area contributed by atoms with Crippen LogP contribution in [0.4, 0.5) is 4.39 Å². The SMILES string of the molecule is OC(c1cncc(F)c1)c1cc(Br)ccc1I. The number of aliphatic hydroxyl groups is 1. The lowest BCUT2D eigenvalue weighted by Crippen LogP contribution is -2.03. The van der Waals surface area contributed by atoms with Crippen molar-refractivity contribution in [1.82, 2.24) is 4.98 Å². The van der Waals surface area contributed by atoms with Gasteiger partial charge >= 0.3 is 0 Å². The molecule has 1 unspecified atom stereocenters. The summed E-state index contributed by atoms with van der Waals surface area (Å²) in [4.78, 5) is 3.73. The molecule has 0 saturated heterocycles. The number of hydrogen-bond acceptors (Lipinski definition) is 2. The van der Waals surface area contributed by atoms with E-state index in [2.05, 4.69) is 43.5 Å². The zero-order chi connectivity index (χ0) is 12.4. The van der Waals surface area contributed by atoms with Gasteiger partial charge in [0.2, 0.25) is 0 Å². The average Bonchev–Trinajstić information content (AvgIpc) is 2.31. The van der Waals surface area contributed by atoms with Crippen LogP contribution < -0.4 is 0 Å². The van der Waals surface area contributed by atoms with E-state index in [0.717, 1.165) is 19.8 Å². The standard InChI is InChI=1S/C12H8BrFINO/c13-8-1-2-11(15)10(4-8)12(17)7-3-9(14)6-16-5-7/h1-6,12,17H. The molecule has 2 rings (SSSR count). The molecular formula is C12H8BrFINO. The molecular weight excluding hydrogens is 400 g/mol. The summed E-state index contributed by atoms with van der Waals surface area (Å²) in [7, 11) is 0. The first-order chi connectivity index (χ1) is 8.08. The molecule has 0 aliphatic carbocycles. The van der Waals surface area contributed by atoms with Gasteiger partial charge in [0, 0.05) is 19.8 Å². The zero-order valence-electron chi connectivity index (χ0n) is 8.57. The van der Waals surface area contributed by atoms with E-state index in [4.69, 9.17) is 0 Å². The first-order valence-electron chi connectivity index (χ1n) is 4.81. The van der Waals surface area contributed by atoms with Gasteiger partial charge in [-0.1, -0.05) is 15.9 Å². The maximum Gasteiger partial charge on any atom is 0.141 e.